The van der Waals surface area contributed by atoms with Crippen molar-refractivity contribution in [3.63, 3.8) is 0 Å². The van der Waals surface area contributed by atoms with E-state index in [9.17, 15) is 4.79 Å². The second kappa shape index (κ2) is 11.9. The zero-order chi connectivity index (χ0) is 19.1. The number of halogens is 2. The van der Waals surface area contributed by atoms with Gasteiger partial charge in [-0.15, -0.1) is 24.8 Å². The normalized spacial score (nSPS) is 14.3. The van der Waals surface area contributed by atoms with Crippen LogP contribution in [0.25, 0.3) is 0 Å². The number of hydrogen-bond donors (Lipinski definition) is 2. The first-order valence-electron chi connectivity index (χ1n) is 9.53. The number of carbonyl (C=O) groups excluding carboxylic acids is 1. The van der Waals surface area contributed by atoms with Crippen molar-refractivity contribution in [3.8, 4) is 17.4 Å². The Morgan fingerprint density at radius 2 is 1.83 bits per heavy atom. The molecule has 3 N–H and O–H groups in total. The number of para-hydroxylation sites is 2. The van der Waals surface area contributed by atoms with E-state index < -0.39 is 5.54 Å². The first-order valence-corrected chi connectivity index (χ1v) is 9.53. The minimum absolute atomic E-state index is 0. The molecule has 0 unspecified atom stereocenters. The van der Waals surface area contributed by atoms with Gasteiger partial charge in [-0.25, -0.2) is 4.98 Å². The molecule has 0 atom stereocenters. The Bertz CT molecular complexity index is 783. The quantitative estimate of drug-likeness (QED) is 0.633. The number of benzene rings is 1. The summed E-state index contributed by atoms with van der Waals surface area (Å²) in [6, 6.07) is 11.2. The third-order valence-corrected chi connectivity index (χ3v) is 4.75. The van der Waals surface area contributed by atoms with Gasteiger partial charge in [-0.1, -0.05) is 38.0 Å². The molecule has 1 saturated carbocycles. The van der Waals surface area contributed by atoms with Crippen LogP contribution < -0.4 is 20.5 Å². The predicted molar refractivity (Wildman–Crippen MR) is 118 cm³/mol. The highest BCUT2D eigenvalue weighted by Gasteiger charge is 2.36. The standard InChI is InChI=1S/C21H27N3O3.2ClH/c1-2-14-26-17-9-3-4-10-18(17)27-19-16(8-7-13-23-19)15-24-20(25)21(22)11-5-6-12-21;;/h3-4,7-10,13H,2,5-6,11-12,14-15,22H2,1H3,(H,24,25);2*1H. The van der Waals surface area contributed by atoms with Gasteiger partial charge in [-0.3, -0.25) is 4.79 Å². The number of pyridine rings is 1. The lowest BCUT2D eigenvalue weighted by Crippen LogP contribution is -2.51. The Morgan fingerprint density at radius 1 is 1.14 bits per heavy atom. The molecule has 0 spiro atoms. The van der Waals surface area contributed by atoms with Crippen LogP contribution in [0.3, 0.4) is 0 Å². The number of ether oxygens (including phenoxy) is 2. The van der Waals surface area contributed by atoms with Gasteiger partial charge in [0, 0.05) is 18.3 Å². The molecule has 1 heterocycles. The minimum Gasteiger partial charge on any atom is -0.490 e. The van der Waals surface area contributed by atoms with Gasteiger partial charge in [0.1, 0.15) is 0 Å². The van der Waals surface area contributed by atoms with E-state index >= 15 is 0 Å². The smallest absolute Gasteiger partial charge is 0.240 e. The Balaban J connectivity index is 0.00000210. The van der Waals surface area contributed by atoms with E-state index in [-0.39, 0.29) is 30.7 Å². The Labute approximate surface area is 184 Å². The number of amides is 1. The van der Waals surface area contributed by atoms with E-state index in [4.69, 9.17) is 15.2 Å². The predicted octanol–water partition coefficient (Wildman–Crippen LogP) is 4.39. The number of hydrogen-bond acceptors (Lipinski definition) is 5. The van der Waals surface area contributed by atoms with Crippen LogP contribution in [0.2, 0.25) is 0 Å². The first kappa shape index (κ1) is 25.0. The highest BCUT2D eigenvalue weighted by atomic mass is 35.5. The summed E-state index contributed by atoms with van der Waals surface area (Å²) in [5.41, 5.74) is 6.26. The lowest BCUT2D eigenvalue weighted by molar-refractivity contribution is -0.126. The van der Waals surface area contributed by atoms with Gasteiger partial charge in [0.2, 0.25) is 11.8 Å². The molecule has 160 valence electrons. The van der Waals surface area contributed by atoms with Crippen LogP contribution >= 0.6 is 24.8 Å². The van der Waals surface area contributed by atoms with E-state index in [1.807, 2.05) is 36.4 Å². The van der Waals surface area contributed by atoms with Gasteiger partial charge in [-0.05, 0) is 37.5 Å². The summed E-state index contributed by atoms with van der Waals surface area (Å²) in [5, 5.41) is 2.94. The largest absolute Gasteiger partial charge is 0.490 e. The van der Waals surface area contributed by atoms with E-state index in [0.29, 0.717) is 30.5 Å². The fraction of sp³-hybridized carbons (Fsp3) is 0.429. The number of nitrogens with one attached hydrogen (secondary N) is 1. The fourth-order valence-electron chi connectivity index (χ4n) is 3.20. The van der Waals surface area contributed by atoms with Crippen molar-refractivity contribution in [2.24, 2.45) is 5.73 Å². The van der Waals surface area contributed by atoms with Crippen LogP contribution in [0.1, 0.15) is 44.6 Å². The second-order valence-electron chi connectivity index (χ2n) is 6.91. The molecule has 2 aromatic rings. The van der Waals surface area contributed by atoms with Crippen LogP contribution in [-0.2, 0) is 11.3 Å². The number of nitrogens with two attached hydrogens (primary N) is 1. The molecule has 8 heteroatoms. The maximum Gasteiger partial charge on any atom is 0.240 e. The summed E-state index contributed by atoms with van der Waals surface area (Å²) in [7, 11) is 0. The summed E-state index contributed by atoms with van der Waals surface area (Å²) in [4.78, 5) is 16.8. The van der Waals surface area contributed by atoms with Gasteiger partial charge in [0.25, 0.3) is 0 Å². The van der Waals surface area contributed by atoms with E-state index in [0.717, 1.165) is 37.7 Å². The van der Waals surface area contributed by atoms with E-state index in [1.165, 1.54) is 0 Å². The third-order valence-electron chi connectivity index (χ3n) is 4.75. The maximum absolute atomic E-state index is 12.5. The average molecular weight is 442 g/mol. The maximum atomic E-state index is 12.5. The molecule has 1 aromatic carbocycles. The van der Waals surface area contributed by atoms with Crippen molar-refractivity contribution in [2.75, 3.05) is 6.61 Å². The Hall–Kier alpha value is -2.02. The molecule has 1 amide bonds. The summed E-state index contributed by atoms with van der Waals surface area (Å²) < 4.78 is 11.7. The molecule has 0 bridgehead atoms. The van der Waals surface area contributed by atoms with Crippen LogP contribution in [0, 0.1) is 0 Å². The summed E-state index contributed by atoms with van der Waals surface area (Å²) >= 11 is 0. The van der Waals surface area contributed by atoms with E-state index in [1.54, 1.807) is 6.20 Å². The number of aromatic nitrogens is 1. The molecule has 1 aliphatic rings. The first-order chi connectivity index (χ1) is 13.1. The second-order valence-corrected chi connectivity index (χ2v) is 6.91. The van der Waals surface area contributed by atoms with Crippen molar-refractivity contribution < 1.29 is 14.3 Å². The average Bonchev–Trinajstić information content (AvgIpc) is 3.14. The van der Waals surface area contributed by atoms with Crippen molar-refractivity contribution in [1.29, 1.82) is 0 Å². The van der Waals surface area contributed by atoms with Crippen molar-refractivity contribution in [3.05, 3.63) is 48.2 Å². The van der Waals surface area contributed by atoms with Crippen molar-refractivity contribution >= 4 is 30.7 Å². The van der Waals surface area contributed by atoms with Gasteiger partial charge >= 0.3 is 0 Å². The highest BCUT2D eigenvalue weighted by molar-refractivity contribution is 5.86. The van der Waals surface area contributed by atoms with Crippen LogP contribution in [0.4, 0.5) is 0 Å². The van der Waals surface area contributed by atoms with Gasteiger partial charge in [-0.2, -0.15) is 0 Å². The highest BCUT2D eigenvalue weighted by Crippen LogP contribution is 2.32. The summed E-state index contributed by atoms with van der Waals surface area (Å²) in [6.45, 7) is 2.99. The summed E-state index contributed by atoms with van der Waals surface area (Å²) in [6.07, 6.45) is 6.04. The monoisotopic (exact) mass is 441 g/mol. The molecule has 29 heavy (non-hydrogen) atoms. The minimum atomic E-state index is -0.746. The zero-order valence-electron chi connectivity index (χ0n) is 16.6. The molecule has 3 rings (SSSR count). The third kappa shape index (κ3) is 6.49. The molecule has 0 saturated heterocycles. The van der Waals surface area contributed by atoms with Crippen molar-refractivity contribution in [1.82, 2.24) is 10.3 Å². The number of rotatable bonds is 8. The number of carbonyl (C=O) groups is 1. The zero-order valence-corrected chi connectivity index (χ0v) is 18.2. The van der Waals surface area contributed by atoms with E-state index in [2.05, 4.69) is 17.2 Å². The van der Waals surface area contributed by atoms with Gasteiger partial charge in [0.15, 0.2) is 11.5 Å². The molecular formula is C21H29Cl2N3O3. The van der Waals surface area contributed by atoms with Gasteiger partial charge in [0.05, 0.1) is 12.1 Å². The molecule has 6 nitrogen and oxygen atoms in total. The summed E-state index contributed by atoms with van der Waals surface area (Å²) in [5.74, 6) is 1.61. The Kier molecular flexibility index (Phi) is 10.2. The van der Waals surface area contributed by atoms with Crippen LogP contribution in [0.15, 0.2) is 42.6 Å². The fourth-order valence-corrected chi connectivity index (χ4v) is 3.20. The number of nitrogens with zero attached hydrogens (tertiary/aromatic N) is 1. The lowest BCUT2D eigenvalue weighted by Gasteiger charge is -2.22. The lowest BCUT2D eigenvalue weighted by atomic mass is 9.98. The molecule has 1 fully saturated rings. The Morgan fingerprint density at radius 3 is 2.52 bits per heavy atom. The van der Waals surface area contributed by atoms with Crippen LogP contribution in [0.5, 0.6) is 17.4 Å². The molecule has 1 aliphatic carbocycles. The molecule has 1 aromatic heterocycles. The van der Waals surface area contributed by atoms with Gasteiger partial charge < -0.3 is 20.5 Å². The SMILES string of the molecule is CCCOc1ccccc1Oc1ncccc1CNC(=O)C1(N)CCCC1.Cl.Cl. The van der Waals surface area contributed by atoms with Crippen LogP contribution in [-0.4, -0.2) is 23.0 Å². The molecule has 0 aliphatic heterocycles. The topological polar surface area (TPSA) is 86.5 Å². The molecular weight excluding hydrogens is 413 g/mol. The van der Waals surface area contributed by atoms with Crippen molar-refractivity contribution in [2.45, 2.75) is 51.1 Å². The molecule has 0 radical (unpaired) electrons.